The molecule has 0 unspecified atom stereocenters. The van der Waals surface area contributed by atoms with Gasteiger partial charge in [-0.15, -0.1) is 0 Å². The molecular weight excluding hydrogens is 411 g/mol. The molecule has 0 aliphatic carbocycles. The van der Waals surface area contributed by atoms with Crippen LogP contribution in [0.4, 0.5) is 24.9 Å². The Labute approximate surface area is 177 Å². The zero-order valence-corrected chi connectivity index (χ0v) is 17.4. The van der Waals surface area contributed by atoms with Crippen LogP contribution in [0.2, 0.25) is 0 Å². The summed E-state index contributed by atoms with van der Waals surface area (Å²) in [7, 11) is 1.55. The minimum atomic E-state index is -4.52. The van der Waals surface area contributed by atoms with Gasteiger partial charge in [-0.3, -0.25) is 9.36 Å². The molecule has 0 radical (unpaired) electrons. The van der Waals surface area contributed by atoms with Crippen molar-refractivity contribution in [2.24, 2.45) is 18.2 Å². The van der Waals surface area contributed by atoms with Gasteiger partial charge in [-0.2, -0.15) is 18.2 Å². The Morgan fingerprint density at radius 2 is 1.94 bits per heavy atom. The fourth-order valence-electron chi connectivity index (χ4n) is 4.64. The van der Waals surface area contributed by atoms with Gasteiger partial charge in [-0.25, -0.2) is 0 Å². The van der Waals surface area contributed by atoms with Crippen LogP contribution in [0.3, 0.4) is 0 Å². The molecule has 4 N–H and O–H groups in total. The van der Waals surface area contributed by atoms with Gasteiger partial charge in [0.2, 0.25) is 5.95 Å². The van der Waals surface area contributed by atoms with Crippen molar-refractivity contribution in [2.45, 2.75) is 38.1 Å². The van der Waals surface area contributed by atoms with E-state index >= 15 is 0 Å². The third-order valence-corrected chi connectivity index (χ3v) is 6.66. The number of nitrogen functional groups attached to an aromatic ring is 1. The number of aromatic nitrogens is 2. The van der Waals surface area contributed by atoms with Crippen LogP contribution in [0.15, 0.2) is 29.1 Å². The van der Waals surface area contributed by atoms with E-state index in [1.54, 1.807) is 7.05 Å². The molecule has 2 aromatic rings. The second kappa shape index (κ2) is 7.52. The second-order valence-electron chi connectivity index (χ2n) is 8.51. The number of ether oxygens (including phenoxy) is 1. The van der Waals surface area contributed by atoms with E-state index in [4.69, 9.17) is 16.2 Å². The smallest absolute Gasteiger partial charge is 0.383 e. The van der Waals surface area contributed by atoms with Crippen molar-refractivity contribution in [3.05, 3.63) is 40.2 Å². The van der Waals surface area contributed by atoms with E-state index in [1.807, 2.05) is 11.8 Å². The van der Waals surface area contributed by atoms with Gasteiger partial charge in [0.05, 0.1) is 23.8 Å². The lowest BCUT2D eigenvalue weighted by atomic mass is 9.73. The van der Waals surface area contributed by atoms with Gasteiger partial charge in [0.25, 0.3) is 5.56 Å². The van der Waals surface area contributed by atoms with E-state index in [0.717, 1.165) is 25.0 Å². The highest BCUT2D eigenvalue weighted by Crippen LogP contribution is 2.42. The van der Waals surface area contributed by atoms with Crippen molar-refractivity contribution in [1.29, 1.82) is 0 Å². The Morgan fingerprint density at radius 3 is 2.52 bits per heavy atom. The lowest BCUT2D eigenvalue weighted by Crippen LogP contribution is -2.51. The first-order chi connectivity index (χ1) is 14.5. The van der Waals surface area contributed by atoms with Crippen LogP contribution < -0.4 is 21.9 Å². The molecule has 0 saturated carbocycles. The number of alkyl halides is 3. The van der Waals surface area contributed by atoms with Crippen molar-refractivity contribution < 1.29 is 17.9 Å². The first kappa shape index (κ1) is 21.6. The van der Waals surface area contributed by atoms with Crippen molar-refractivity contribution >= 4 is 11.8 Å². The fourth-order valence-corrected chi connectivity index (χ4v) is 4.64. The molecule has 2 aliphatic rings. The largest absolute Gasteiger partial charge is 0.416 e. The van der Waals surface area contributed by atoms with Gasteiger partial charge in [-0.05, 0) is 37.5 Å². The maximum Gasteiger partial charge on any atom is 0.416 e. The summed E-state index contributed by atoms with van der Waals surface area (Å²) < 4.78 is 46.4. The van der Waals surface area contributed by atoms with Crippen molar-refractivity contribution in [3.8, 4) is 11.1 Å². The molecular formula is C21H26F3N5O2. The number of hydrogen-bond donors (Lipinski definition) is 2. The number of nitrogens with two attached hydrogens (primary N) is 2. The average molecular weight is 437 g/mol. The molecule has 168 valence electrons. The molecule has 3 heterocycles. The number of rotatable bonds is 2. The van der Waals surface area contributed by atoms with Crippen molar-refractivity contribution in [3.63, 3.8) is 0 Å². The number of hydrogen-bond acceptors (Lipinski definition) is 6. The Bertz CT molecular complexity index is 1040. The van der Waals surface area contributed by atoms with Crippen LogP contribution in [0.1, 0.15) is 25.3 Å². The Kier molecular flexibility index (Phi) is 5.25. The topological polar surface area (TPSA) is 99.4 Å². The van der Waals surface area contributed by atoms with Crippen LogP contribution in [-0.2, 0) is 18.0 Å². The molecule has 10 heteroatoms. The second-order valence-corrected chi connectivity index (χ2v) is 8.51. The van der Waals surface area contributed by atoms with Crippen molar-refractivity contribution in [1.82, 2.24) is 9.55 Å². The van der Waals surface area contributed by atoms with Gasteiger partial charge in [0, 0.05) is 31.6 Å². The minimum Gasteiger partial charge on any atom is -0.383 e. The minimum absolute atomic E-state index is 0.0106. The molecule has 0 amide bonds. The normalized spacial score (nSPS) is 23.5. The first-order valence-corrected chi connectivity index (χ1v) is 10.2. The maximum absolute atomic E-state index is 13.1. The number of piperidine rings is 1. The fraction of sp³-hybridized carbons (Fsp3) is 0.524. The Hall–Kier alpha value is -2.59. The van der Waals surface area contributed by atoms with E-state index < -0.39 is 17.3 Å². The van der Waals surface area contributed by atoms with E-state index in [-0.39, 0.29) is 34.5 Å². The van der Waals surface area contributed by atoms with Crippen molar-refractivity contribution in [2.75, 3.05) is 30.3 Å². The van der Waals surface area contributed by atoms with Crippen LogP contribution >= 0.6 is 0 Å². The van der Waals surface area contributed by atoms with Gasteiger partial charge < -0.3 is 21.1 Å². The van der Waals surface area contributed by atoms with Gasteiger partial charge in [0.1, 0.15) is 5.82 Å². The number of anilines is 2. The van der Waals surface area contributed by atoms with Gasteiger partial charge in [0.15, 0.2) is 0 Å². The predicted octanol–water partition coefficient (Wildman–Crippen LogP) is 2.38. The molecule has 1 aromatic carbocycles. The quantitative estimate of drug-likeness (QED) is 0.749. The summed E-state index contributed by atoms with van der Waals surface area (Å²) in [5.41, 5.74) is 11.1. The summed E-state index contributed by atoms with van der Waals surface area (Å²) in [5, 5.41) is 0. The molecule has 0 bridgehead atoms. The molecule has 4 rings (SSSR count). The summed E-state index contributed by atoms with van der Waals surface area (Å²) in [5.74, 6) is 0.306. The molecule has 2 aliphatic heterocycles. The van der Waals surface area contributed by atoms with Crippen LogP contribution in [0.25, 0.3) is 11.1 Å². The highest BCUT2D eigenvalue weighted by Gasteiger charge is 2.47. The third kappa shape index (κ3) is 3.67. The highest BCUT2D eigenvalue weighted by molar-refractivity contribution is 5.74. The van der Waals surface area contributed by atoms with Crippen LogP contribution in [0, 0.1) is 5.41 Å². The molecule has 2 saturated heterocycles. The molecule has 2 fully saturated rings. The third-order valence-electron chi connectivity index (χ3n) is 6.66. The van der Waals surface area contributed by atoms with E-state index in [9.17, 15) is 18.0 Å². The van der Waals surface area contributed by atoms with E-state index in [0.29, 0.717) is 25.6 Å². The Morgan fingerprint density at radius 1 is 1.26 bits per heavy atom. The molecule has 1 spiro atoms. The molecule has 2 atom stereocenters. The summed E-state index contributed by atoms with van der Waals surface area (Å²) in [4.78, 5) is 19.4. The summed E-state index contributed by atoms with van der Waals surface area (Å²) >= 11 is 0. The predicted molar refractivity (Wildman–Crippen MR) is 112 cm³/mol. The first-order valence-electron chi connectivity index (χ1n) is 10.2. The summed E-state index contributed by atoms with van der Waals surface area (Å²) in [6.45, 7) is 3.86. The van der Waals surface area contributed by atoms with E-state index in [2.05, 4.69) is 4.98 Å². The van der Waals surface area contributed by atoms with Gasteiger partial charge in [-0.1, -0.05) is 12.1 Å². The number of benzene rings is 1. The number of nitrogens with zero attached hydrogens (tertiary/aromatic N) is 3. The molecule has 1 aromatic heterocycles. The summed E-state index contributed by atoms with van der Waals surface area (Å²) in [6.07, 6.45) is -2.92. The summed E-state index contributed by atoms with van der Waals surface area (Å²) in [6, 6.07) is 4.51. The van der Waals surface area contributed by atoms with E-state index in [1.165, 1.54) is 16.7 Å². The number of halogens is 3. The highest BCUT2D eigenvalue weighted by atomic mass is 19.4. The van der Waals surface area contributed by atoms with Crippen LogP contribution in [-0.4, -0.2) is 41.4 Å². The van der Waals surface area contributed by atoms with Gasteiger partial charge >= 0.3 is 6.18 Å². The maximum atomic E-state index is 13.1. The Balaban J connectivity index is 1.64. The van der Waals surface area contributed by atoms with Crippen LogP contribution in [0.5, 0.6) is 0 Å². The molecule has 7 nitrogen and oxygen atoms in total. The zero-order valence-electron chi connectivity index (χ0n) is 17.4. The lowest BCUT2D eigenvalue weighted by Gasteiger charge is -2.41. The monoisotopic (exact) mass is 437 g/mol. The lowest BCUT2D eigenvalue weighted by molar-refractivity contribution is -0.137. The average Bonchev–Trinajstić information content (AvgIpc) is 3.00. The molecule has 31 heavy (non-hydrogen) atoms. The zero-order chi connectivity index (χ0) is 22.6. The SMILES string of the molecule is C[C@@H]1OCC2(CCN(c3nc(N)c(-c4cccc(C(F)(F)F)c4)c(=O)n3C)CC2)[C@@H]1N. The standard InChI is InChI=1S/C21H26F3N5O2/c1-12-16(25)20(11-31-12)6-8-29(9-7-20)19-27-17(26)15(18(30)28(19)2)13-4-3-5-14(10-13)21(22,23)24/h3-5,10,12,16H,6-9,11,25-26H2,1-2H3/t12-,16+/m0/s1.